The fraction of sp³-hybridized carbons (Fsp3) is 0.500. The predicted octanol–water partition coefficient (Wildman–Crippen LogP) is 2.80. The van der Waals surface area contributed by atoms with Crippen molar-refractivity contribution in [3.8, 4) is 5.75 Å². The third-order valence-corrected chi connectivity index (χ3v) is 7.35. The van der Waals surface area contributed by atoms with Crippen molar-refractivity contribution in [2.75, 3.05) is 31.7 Å². The van der Waals surface area contributed by atoms with Crippen LogP contribution in [0.3, 0.4) is 0 Å². The van der Waals surface area contributed by atoms with Crippen LogP contribution in [0, 0.1) is 5.92 Å². The number of hydrogen-bond donors (Lipinski definition) is 3. The number of carbonyl (C=O) groups excluding carboxylic acids is 2. The maximum Gasteiger partial charge on any atom is 0.227 e. The number of aliphatic hydroxyl groups excluding tert-OH is 1. The van der Waals surface area contributed by atoms with Gasteiger partial charge in [-0.05, 0) is 49.4 Å². The molecule has 3 heterocycles. The molecule has 2 amide bonds. The highest BCUT2D eigenvalue weighted by Gasteiger charge is 2.46. The molecular weight excluding hydrogens is 460 g/mol. The number of aliphatic hydroxyl groups is 1. The molecule has 8 heteroatoms. The molecule has 3 N–H and O–H groups in total. The molecule has 3 aliphatic heterocycles. The van der Waals surface area contributed by atoms with Gasteiger partial charge in [0.2, 0.25) is 11.8 Å². The largest absolute Gasteiger partial charge is 0.487 e. The highest BCUT2D eigenvalue weighted by molar-refractivity contribution is 5.92. The first kappa shape index (κ1) is 24.7. The van der Waals surface area contributed by atoms with Crippen molar-refractivity contribution in [1.82, 2.24) is 5.32 Å². The molecule has 0 spiro atoms. The molecule has 0 aliphatic carbocycles. The molecule has 2 saturated heterocycles. The van der Waals surface area contributed by atoms with Gasteiger partial charge in [-0.1, -0.05) is 30.3 Å². The van der Waals surface area contributed by atoms with E-state index in [9.17, 15) is 14.7 Å². The first-order valence-corrected chi connectivity index (χ1v) is 12.9. The second kappa shape index (κ2) is 11.4. The Morgan fingerprint density at radius 2 is 1.86 bits per heavy atom. The van der Waals surface area contributed by atoms with Gasteiger partial charge in [0.05, 0.1) is 19.1 Å². The first-order chi connectivity index (χ1) is 17.6. The SMILES string of the molecule is O=C(C[C@H]1C[C@@H]2c3cc(NC(=O)C4CCOCC4)ccc3O[C@@H]2[C@H](CO)O1)NCCc1ccccc1. The topological polar surface area (TPSA) is 106 Å². The van der Waals surface area contributed by atoms with Gasteiger partial charge in [-0.25, -0.2) is 0 Å². The van der Waals surface area contributed by atoms with Crippen molar-refractivity contribution in [2.45, 2.75) is 56.3 Å². The molecule has 36 heavy (non-hydrogen) atoms. The van der Waals surface area contributed by atoms with Crippen molar-refractivity contribution in [3.63, 3.8) is 0 Å². The lowest BCUT2D eigenvalue weighted by Gasteiger charge is -2.37. The van der Waals surface area contributed by atoms with Crippen LogP contribution in [-0.2, 0) is 25.5 Å². The molecule has 0 saturated carbocycles. The molecule has 4 atom stereocenters. The van der Waals surface area contributed by atoms with Gasteiger partial charge in [-0.3, -0.25) is 9.59 Å². The van der Waals surface area contributed by atoms with Gasteiger partial charge in [0, 0.05) is 42.8 Å². The molecule has 0 aromatic heterocycles. The van der Waals surface area contributed by atoms with Gasteiger partial charge >= 0.3 is 0 Å². The van der Waals surface area contributed by atoms with Gasteiger partial charge in [-0.2, -0.15) is 0 Å². The van der Waals surface area contributed by atoms with Crippen LogP contribution in [-0.4, -0.2) is 61.6 Å². The minimum Gasteiger partial charge on any atom is -0.487 e. The fourth-order valence-electron chi connectivity index (χ4n) is 5.44. The Bertz CT molecular complexity index is 1060. The van der Waals surface area contributed by atoms with E-state index in [2.05, 4.69) is 10.6 Å². The highest BCUT2D eigenvalue weighted by atomic mass is 16.6. The monoisotopic (exact) mass is 494 g/mol. The highest BCUT2D eigenvalue weighted by Crippen LogP contribution is 2.47. The summed E-state index contributed by atoms with van der Waals surface area (Å²) >= 11 is 0. The number of benzene rings is 2. The van der Waals surface area contributed by atoms with Gasteiger partial charge in [0.1, 0.15) is 18.0 Å². The molecule has 2 fully saturated rings. The van der Waals surface area contributed by atoms with Crippen molar-refractivity contribution in [1.29, 1.82) is 0 Å². The van der Waals surface area contributed by atoms with Crippen LogP contribution in [0.2, 0.25) is 0 Å². The lowest BCUT2D eigenvalue weighted by molar-refractivity contribution is -0.142. The fourth-order valence-corrected chi connectivity index (χ4v) is 5.44. The number of hydrogen-bond acceptors (Lipinski definition) is 6. The summed E-state index contributed by atoms with van der Waals surface area (Å²) in [6.45, 7) is 1.61. The molecule has 2 aromatic carbocycles. The Labute approximate surface area is 211 Å². The van der Waals surface area contributed by atoms with Crippen LogP contribution in [0.25, 0.3) is 0 Å². The maximum atomic E-state index is 12.7. The normalized spacial score (nSPS) is 25.4. The Morgan fingerprint density at radius 1 is 1.06 bits per heavy atom. The quantitative estimate of drug-likeness (QED) is 0.521. The number of anilines is 1. The Hall–Kier alpha value is -2.94. The molecule has 0 radical (unpaired) electrons. The smallest absolute Gasteiger partial charge is 0.227 e. The molecule has 3 aliphatic rings. The number of amides is 2. The molecule has 8 nitrogen and oxygen atoms in total. The molecule has 192 valence electrons. The van der Waals surface area contributed by atoms with Crippen molar-refractivity contribution in [2.24, 2.45) is 5.92 Å². The van der Waals surface area contributed by atoms with Crippen LogP contribution in [0.4, 0.5) is 5.69 Å². The van der Waals surface area contributed by atoms with E-state index >= 15 is 0 Å². The minimum absolute atomic E-state index is 0.0129. The minimum atomic E-state index is -0.515. The summed E-state index contributed by atoms with van der Waals surface area (Å²) in [5.41, 5.74) is 2.90. The number of nitrogens with one attached hydrogen (secondary N) is 2. The third kappa shape index (κ3) is 5.72. The van der Waals surface area contributed by atoms with E-state index in [0.29, 0.717) is 26.2 Å². The van der Waals surface area contributed by atoms with E-state index in [0.717, 1.165) is 36.3 Å². The average molecular weight is 495 g/mol. The second-order valence-electron chi connectivity index (χ2n) is 9.82. The van der Waals surface area contributed by atoms with Crippen LogP contribution < -0.4 is 15.4 Å². The third-order valence-electron chi connectivity index (χ3n) is 7.35. The van der Waals surface area contributed by atoms with Gasteiger partial charge in [0.15, 0.2) is 0 Å². The van der Waals surface area contributed by atoms with E-state index in [1.807, 2.05) is 48.5 Å². The molecule has 0 unspecified atom stereocenters. The Balaban J connectivity index is 1.20. The van der Waals surface area contributed by atoms with Crippen LogP contribution in [0.15, 0.2) is 48.5 Å². The summed E-state index contributed by atoms with van der Waals surface area (Å²) in [5, 5.41) is 16.0. The number of carbonyl (C=O) groups is 2. The lowest BCUT2D eigenvalue weighted by atomic mass is 9.84. The van der Waals surface area contributed by atoms with Gasteiger partial charge in [0.25, 0.3) is 0 Å². The average Bonchev–Trinajstić information content (AvgIpc) is 3.27. The summed E-state index contributed by atoms with van der Waals surface area (Å²) in [6, 6.07) is 15.7. The van der Waals surface area contributed by atoms with Gasteiger partial charge in [-0.15, -0.1) is 0 Å². The van der Waals surface area contributed by atoms with E-state index in [-0.39, 0.29) is 48.9 Å². The predicted molar refractivity (Wildman–Crippen MR) is 134 cm³/mol. The van der Waals surface area contributed by atoms with Crippen LogP contribution >= 0.6 is 0 Å². The lowest BCUT2D eigenvalue weighted by Crippen LogP contribution is -2.47. The summed E-state index contributed by atoms with van der Waals surface area (Å²) in [6.07, 6.45) is 1.91. The standard InChI is InChI=1S/C28H34N2O6/c31-17-25-27-23(15-21(35-25)16-26(32)29-11-8-18-4-2-1-3-5-18)22-14-20(6-7-24(22)36-27)30-28(33)19-9-12-34-13-10-19/h1-7,14,19,21,23,25,27,31H,8-13,15-17H2,(H,29,32)(H,30,33)/t21-,23-,25+,27+/m1/s1. The van der Waals surface area contributed by atoms with Crippen molar-refractivity contribution >= 4 is 17.5 Å². The summed E-state index contributed by atoms with van der Waals surface area (Å²) in [4.78, 5) is 25.3. The van der Waals surface area contributed by atoms with E-state index in [1.165, 1.54) is 5.56 Å². The Kier molecular flexibility index (Phi) is 7.84. The molecule has 5 rings (SSSR count). The van der Waals surface area contributed by atoms with Gasteiger partial charge < -0.3 is 30.0 Å². The van der Waals surface area contributed by atoms with E-state index in [4.69, 9.17) is 14.2 Å². The zero-order valence-corrected chi connectivity index (χ0v) is 20.4. The number of fused-ring (bicyclic) bond motifs is 3. The van der Waals surface area contributed by atoms with Crippen molar-refractivity contribution in [3.05, 3.63) is 59.7 Å². The second-order valence-corrected chi connectivity index (χ2v) is 9.82. The number of rotatable bonds is 8. The number of ether oxygens (including phenoxy) is 3. The zero-order chi connectivity index (χ0) is 24.9. The van der Waals surface area contributed by atoms with E-state index < -0.39 is 6.10 Å². The molecule has 0 bridgehead atoms. The van der Waals surface area contributed by atoms with E-state index in [1.54, 1.807) is 0 Å². The summed E-state index contributed by atoms with van der Waals surface area (Å²) < 4.78 is 17.6. The molecular formula is C28H34N2O6. The van der Waals surface area contributed by atoms with Crippen LogP contribution in [0.1, 0.15) is 42.7 Å². The van der Waals surface area contributed by atoms with Crippen LogP contribution in [0.5, 0.6) is 5.75 Å². The maximum absolute atomic E-state index is 12.7. The first-order valence-electron chi connectivity index (χ1n) is 12.9. The summed E-state index contributed by atoms with van der Waals surface area (Å²) in [5.74, 6) is 0.626. The Morgan fingerprint density at radius 3 is 2.64 bits per heavy atom. The molecule has 2 aromatic rings. The zero-order valence-electron chi connectivity index (χ0n) is 20.4. The summed E-state index contributed by atoms with van der Waals surface area (Å²) in [7, 11) is 0. The van der Waals surface area contributed by atoms with Crippen molar-refractivity contribution < 1.29 is 28.9 Å².